The fraction of sp³-hybridized carbons (Fsp3) is 0.533. The van der Waals surface area contributed by atoms with Crippen molar-refractivity contribution in [3.05, 3.63) is 47.2 Å². The molecule has 1 heterocycles. The number of hydrogen-bond donors (Lipinski definition) is 3. The molecule has 41 heavy (non-hydrogen) atoms. The molecular weight excluding hydrogens is 530 g/mol. The molecule has 0 fully saturated rings. The van der Waals surface area contributed by atoms with Gasteiger partial charge in [0, 0.05) is 19.8 Å². The molecule has 2 aromatic rings. The van der Waals surface area contributed by atoms with E-state index in [-0.39, 0.29) is 24.1 Å². The van der Waals surface area contributed by atoms with Crippen LogP contribution in [0.4, 0.5) is 0 Å². The number of carbonyl (C=O) groups excluding carboxylic acids is 4. The average Bonchev–Trinajstić information content (AvgIpc) is 3.45. The maximum absolute atomic E-state index is 12.9. The Balaban J connectivity index is 2.12. The number of nitrogens with one attached hydrogen (secondary N) is 2. The first-order valence-electron chi connectivity index (χ1n) is 13.9. The van der Waals surface area contributed by atoms with E-state index >= 15 is 0 Å². The molecule has 0 bridgehead atoms. The Morgan fingerprint density at radius 1 is 1.07 bits per heavy atom. The normalized spacial score (nSPS) is 13.4. The van der Waals surface area contributed by atoms with Gasteiger partial charge in [-0.3, -0.25) is 24.4 Å². The molecule has 226 valence electrons. The van der Waals surface area contributed by atoms with Crippen LogP contribution in [0.25, 0.3) is 11.3 Å². The summed E-state index contributed by atoms with van der Waals surface area (Å²) in [5, 5.41) is 15.8. The lowest BCUT2D eigenvalue weighted by atomic mass is 9.90. The quantitative estimate of drug-likeness (QED) is 0.0791. The van der Waals surface area contributed by atoms with Crippen LogP contribution < -0.4 is 10.6 Å². The number of rotatable bonds is 18. The summed E-state index contributed by atoms with van der Waals surface area (Å²) < 4.78 is 16.5. The number of hydroxylamine groups is 2. The summed E-state index contributed by atoms with van der Waals surface area (Å²) in [7, 11) is 2.95. The molecule has 0 aliphatic heterocycles. The van der Waals surface area contributed by atoms with E-state index in [0.717, 1.165) is 24.8 Å². The van der Waals surface area contributed by atoms with Crippen LogP contribution in [0, 0.1) is 12.8 Å². The van der Waals surface area contributed by atoms with Crippen LogP contribution in [0.1, 0.15) is 80.5 Å². The molecule has 0 aliphatic carbocycles. The fourth-order valence-electron chi connectivity index (χ4n) is 4.98. The Morgan fingerprint density at radius 2 is 1.78 bits per heavy atom. The molecule has 3 unspecified atom stereocenters. The van der Waals surface area contributed by atoms with Gasteiger partial charge in [0.15, 0.2) is 12.1 Å². The van der Waals surface area contributed by atoms with Crippen LogP contribution >= 0.6 is 0 Å². The van der Waals surface area contributed by atoms with E-state index in [2.05, 4.69) is 10.6 Å². The first kappa shape index (κ1) is 33.7. The largest absolute Gasteiger partial charge is 0.451 e. The number of carbonyl (C=O) groups is 4. The molecule has 3 N–H and O–H groups in total. The van der Waals surface area contributed by atoms with Crippen molar-refractivity contribution in [1.29, 1.82) is 0 Å². The maximum Gasteiger partial charge on any atom is 0.288 e. The number of unbranched alkanes of at least 4 members (excludes halogenated alkanes) is 2. The van der Waals surface area contributed by atoms with Crippen LogP contribution in [0.2, 0.25) is 0 Å². The summed E-state index contributed by atoms with van der Waals surface area (Å²) in [6, 6.07) is 8.07. The third-order valence-corrected chi connectivity index (χ3v) is 7.05. The number of amides is 3. The molecule has 1 aromatic heterocycles. The van der Waals surface area contributed by atoms with Crippen molar-refractivity contribution in [2.24, 2.45) is 5.92 Å². The second-order valence-electron chi connectivity index (χ2n) is 10.0. The van der Waals surface area contributed by atoms with Gasteiger partial charge in [0.1, 0.15) is 11.5 Å². The predicted octanol–water partition coefficient (Wildman–Crippen LogP) is 4.17. The molecule has 0 spiro atoms. The van der Waals surface area contributed by atoms with E-state index in [0.29, 0.717) is 41.2 Å². The SMILES string of the molecule is CCCCCC(C(=O)NCNC(=O)c1ccc(-c2cc(C)cc(C(C(C)=O)C(OC)OC)c2)o1)C(CC)N(O)C=O. The summed E-state index contributed by atoms with van der Waals surface area (Å²) in [5.41, 5.74) is 2.25. The molecule has 2 rings (SSSR count). The van der Waals surface area contributed by atoms with E-state index in [1.807, 2.05) is 26.0 Å². The third-order valence-electron chi connectivity index (χ3n) is 7.05. The highest BCUT2D eigenvalue weighted by atomic mass is 16.7. The third kappa shape index (κ3) is 9.24. The lowest BCUT2D eigenvalue weighted by Gasteiger charge is -2.29. The van der Waals surface area contributed by atoms with Crippen molar-refractivity contribution in [3.63, 3.8) is 0 Å². The predicted molar refractivity (Wildman–Crippen MR) is 152 cm³/mol. The highest BCUT2D eigenvalue weighted by Crippen LogP contribution is 2.31. The smallest absolute Gasteiger partial charge is 0.288 e. The van der Waals surface area contributed by atoms with Crippen LogP contribution in [-0.2, 0) is 23.9 Å². The van der Waals surface area contributed by atoms with Crippen LogP contribution in [-0.4, -0.2) is 67.5 Å². The van der Waals surface area contributed by atoms with Crippen molar-refractivity contribution in [2.45, 2.75) is 78.0 Å². The highest BCUT2D eigenvalue weighted by molar-refractivity contribution is 5.92. The maximum atomic E-state index is 12.9. The zero-order chi connectivity index (χ0) is 30.5. The number of nitrogens with zero attached hydrogens (tertiary/aromatic N) is 1. The van der Waals surface area contributed by atoms with Gasteiger partial charge < -0.3 is 24.5 Å². The lowest BCUT2D eigenvalue weighted by molar-refractivity contribution is -0.168. The van der Waals surface area contributed by atoms with Gasteiger partial charge in [-0.05, 0) is 56.5 Å². The lowest BCUT2D eigenvalue weighted by Crippen LogP contribution is -2.47. The van der Waals surface area contributed by atoms with Crippen LogP contribution in [0.3, 0.4) is 0 Å². The minimum absolute atomic E-state index is 0.0421. The van der Waals surface area contributed by atoms with E-state index in [9.17, 15) is 24.4 Å². The van der Waals surface area contributed by atoms with Crippen LogP contribution in [0.5, 0.6) is 0 Å². The van der Waals surface area contributed by atoms with Gasteiger partial charge >= 0.3 is 0 Å². The number of Topliss-reactive ketones (excluding diaryl/α,β-unsaturated/α-hetero) is 1. The summed E-state index contributed by atoms with van der Waals surface area (Å²) in [6.45, 7) is 7.04. The number of ketones is 1. The van der Waals surface area contributed by atoms with Gasteiger partial charge in [0.25, 0.3) is 5.91 Å². The molecular formula is C30H43N3O8. The Bertz CT molecular complexity index is 1160. The molecule has 0 saturated carbocycles. The number of hydrogen-bond acceptors (Lipinski definition) is 8. The van der Waals surface area contributed by atoms with Crippen molar-refractivity contribution in [1.82, 2.24) is 15.7 Å². The standard InChI is InChI=1S/C30H43N3O8/c1-7-9-10-11-23(24(8-2)33(38)18-34)28(36)31-17-32-29(37)26-13-12-25(41-26)21-14-19(3)15-22(16-21)27(20(4)35)30(39-5)40-6/h12-16,18,23-24,27,30,38H,7-11,17H2,1-6H3,(H,31,36)(H,32,37). The van der Waals surface area contributed by atoms with Crippen molar-refractivity contribution in [2.75, 3.05) is 20.9 Å². The number of ether oxygens (including phenoxy) is 2. The zero-order valence-electron chi connectivity index (χ0n) is 24.8. The highest BCUT2D eigenvalue weighted by Gasteiger charge is 2.31. The minimum Gasteiger partial charge on any atom is -0.451 e. The molecule has 11 nitrogen and oxygen atoms in total. The van der Waals surface area contributed by atoms with Crippen molar-refractivity contribution >= 4 is 24.0 Å². The zero-order valence-corrected chi connectivity index (χ0v) is 24.8. The molecule has 11 heteroatoms. The Morgan fingerprint density at radius 3 is 2.37 bits per heavy atom. The number of furan rings is 1. The van der Waals surface area contributed by atoms with Gasteiger partial charge in [-0.2, -0.15) is 0 Å². The van der Waals surface area contributed by atoms with E-state index in [1.54, 1.807) is 19.1 Å². The molecule has 0 radical (unpaired) electrons. The van der Waals surface area contributed by atoms with Crippen molar-refractivity contribution < 1.29 is 38.3 Å². The van der Waals surface area contributed by atoms with E-state index < -0.39 is 30.1 Å². The van der Waals surface area contributed by atoms with E-state index in [1.165, 1.54) is 27.2 Å². The summed E-state index contributed by atoms with van der Waals surface area (Å²) in [6.07, 6.45) is 3.09. The van der Waals surface area contributed by atoms with Gasteiger partial charge in [-0.25, -0.2) is 5.06 Å². The molecule has 0 saturated heterocycles. The second kappa shape index (κ2) is 16.7. The first-order valence-corrected chi connectivity index (χ1v) is 13.9. The second-order valence-corrected chi connectivity index (χ2v) is 10.0. The van der Waals surface area contributed by atoms with Gasteiger partial charge in [0.2, 0.25) is 12.3 Å². The monoisotopic (exact) mass is 573 g/mol. The van der Waals surface area contributed by atoms with Crippen molar-refractivity contribution in [3.8, 4) is 11.3 Å². The number of methoxy groups -OCH3 is 2. The van der Waals surface area contributed by atoms with Crippen LogP contribution in [0.15, 0.2) is 34.7 Å². The van der Waals surface area contributed by atoms with Gasteiger partial charge in [-0.15, -0.1) is 0 Å². The minimum atomic E-state index is -0.756. The summed E-state index contributed by atoms with van der Waals surface area (Å²) >= 11 is 0. The molecule has 3 amide bonds. The summed E-state index contributed by atoms with van der Waals surface area (Å²) in [4.78, 5) is 49.3. The fourth-order valence-corrected chi connectivity index (χ4v) is 4.98. The molecule has 0 aliphatic rings. The Labute approximate surface area is 241 Å². The molecule has 3 atom stereocenters. The average molecular weight is 574 g/mol. The Hall–Kier alpha value is -3.54. The summed E-state index contributed by atoms with van der Waals surface area (Å²) in [5.74, 6) is -1.82. The topological polar surface area (TPSA) is 147 Å². The number of aryl methyl sites for hydroxylation is 1. The van der Waals surface area contributed by atoms with E-state index in [4.69, 9.17) is 13.9 Å². The van der Waals surface area contributed by atoms with Gasteiger partial charge in [-0.1, -0.05) is 44.7 Å². The van der Waals surface area contributed by atoms with Gasteiger partial charge in [0.05, 0.1) is 24.5 Å². The number of benzene rings is 1. The first-order chi connectivity index (χ1) is 19.6. The molecule has 1 aromatic carbocycles. The Kier molecular flexibility index (Phi) is 13.7.